The number of nitrogens with zero attached hydrogens (tertiary/aromatic N) is 1. The van der Waals surface area contributed by atoms with Crippen LogP contribution >= 0.6 is 11.8 Å². The smallest absolute Gasteiger partial charge is 0.256 e. The molecule has 0 bridgehead atoms. The Morgan fingerprint density at radius 3 is 2.61 bits per heavy atom. The molecule has 0 unspecified atom stereocenters. The van der Waals surface area contributed by atoms with E-state index >= 15 is 0 Å². The number of amides is 1. The molecule has 2 aromatic carbocycles. The van der Waals surface area contributed by atoms with E-state index in [9.17, 15) is 23.1 Å². The van der Waals surface area contributed by atoms with Crippen molar-refractivity contribution in [2.45, 2.75) is 18.9 Å². The number of likely N-dealkylation sites (tertiary alicyclic amines) is 1. The number of hydrogen-bond acceptors (Lipinski definition) is 5. The molecule has 168 valence electrons. The molecule has 2 aromatic rings. The van der Waals surface area contributed by atoms with Gasteiger partial charge in [-0.2, -0.15) is 11.8 Å². The monoisotopic (exact) mass is 453 g/mol. The van der Waals surface area contributed by atoms with Crippen LogP contribution in [0.5, 0.6) is 0 Å². The van der Waals surface area contributed by atoms with E-state index < -0.39 is 34.6 Å². The maximum absolute atomic E-state index is 14.5. The molecule has 31 heavy (non-hydrogen) atoms. The Morgan fingerprint density at radius 2 is 1.94 bits per heavy atom. The number of benzene rings is 2. The fraction of sp³-hybridized carbons (Fsp3) is 0.409. The van der Waals surface area contributed by atoms with Crippen molar-refractivity contribution < 1.29 is 23.1 Å². The molecule has 3 N–H and O–H groups in total. The van der Waals surface area contributed by atoms with E-state index in [1.807, 2.05) is 6.26 Å². The summed E-state index contributed by atoms with van der Waals surface area (Å²) in [6, 6.07) is 6.29. The average Bonchev–Trinajstić information content (AvgIpc) is 2.70. The van der Waals surface area contributed by atoms with Gasteiger partial charge in [-0.3, -0.25) is 4.79 Å². The number of rotatable bonds is 9. The molecule has 5 nitrogen and oxygen atoms in total. The van der Waals surface area contributed by atoms with Gasteiger partial charge in [-0.25, -0.2) is 13.2 Å². The zero-order chi connectivity index (χ0) is 22.6. The minimum atomic E-state index is -1.27. The molecule has 0 spiro atoms. The molecule has 0 radical (unpaired) electrons. The minimum absolute atomic E-state index is 0.0681. The summed E-state index contributed by atoms with van der Waals surface area (Å²) in [5.74, 6) is -2.61. The first-order valence-corrected chi connectivity index (χ1v) is 11.4. The molecule has 1 heterocycles. The molecule has 1 aliphatic heterocycles. The summed E-state index contributed by atoms with van der Waals surface area (Å²) in [6.07, 6.45) is 3.00. The van der Waals surface area contributed by atoms with E-state index in [2.05, 4.69) is 10.6 Å². The number of carbonyl (C=O) groups is 1. The Balaban J connectivity index is 1.71. The number of halogens is 3. The topological polar surface area (TPSA) is 64.6 Å². The van der Waals surface area contributed by atoms with E-state index in [4.69, 9.17) is 0 Å². The number of anilines is 2. The van der Waals surface area contributed by atoms with E-state index in [0.717, 1.165) is 30.9 Å². The van der Waals surface area contributed by atoms with Crippen LogP contribution in [0.25, 0.3) is 0 Å². The fourth-order valence-electron chi connectivity index (χ4n) is 3.46. The molecule has 1 aliphatic rings. The zero-order valence-corrected chi connectivity index (χ0v) is 18.3. The van der Waals surface area contributed by atoms with Crippen LogP contribution in [0.2, 0.25) is 0 Å². The van der Waals surface area contributed by atoms with Gasteiger partial charge in [0.15, 0.2) is 11.6 Å². The summed E-state index contributed by atoms with van der Waals surface area (Å²) in [6.45, 7) is 2.93. The molecular formula is C22H26F3N3O2S. The van der Waals surface area contributed by atoms with Crippen LogP contribution in [-0.2, 0) is 0 Å². The highest BCUT2D eigenvalue weighted by atomic mass is 32.2. The summed E-state index contributed by atoms with van der Waals surface area (Å²) in [5, 5.41) is 16.2. The second-order valence-electron chi connectivity index (χ2n) is 7.80. The fourth-order valence-corrected chi connectivity index (χ4v) is 3.89. The highest BCUT2D eigenvalue weighted by Crippen LogP contribution is 2.31. The molecule has 0 saturated carbocycles. The van der Waals surface area contributed by atoms with Gasteiger partial charge in [-0.15, -0.1) is 0 Å². The lowest BCUT2D eigenvalue weighted by Gasteiger charge is -2.46. The van der Waals surface area contributed by atoms with Gasteiger partial charge < -0.3 is 20.6 Å². The third-order valence-corrected chi connectivity index (χ3v) is 5.82. The van der Waals surface area contributed by atoms with E-state index in [0.29, 0.717) is 12.1 Å². The van der Waals surface area contributed by atoms with Crippen LogP contribution in [0, 0.1) is 24.4 Å². The molecule has 1 amide bonds. The molecule has 9 heteroatoms. The third-order valence-electron chi connectivity index (χ3n) is 5.12. The van der Waals surface area contributed by atoms with Crippen molar-refractivity contribution >= 4 is 29.0 Å². The van der Waals surface area contributed by atoms with Crippen molar-refractivity contribution in [1.82, 2.24) is 10.2 Å². The van der Waals surface area contributed by atoms with E-state index in [-0.39, 0.29) is 24.3 Å². The summed E-state index contributed by atoms with van der Waals surface area (Å²) >= 11 is 1.74. The molecule has 0 atom stereocenters. The Bertz CT molecular complexity index is 952. The van der Waals surface area contributed by atoms with Gasteiger partial charge in [-0.1, -0.05) is 6.07 Å². The van der Waals surface area contributed by atoms with E-state index in [1.54, 1.807) is 24.8 Å². The zero-order valence-electron chi connectivity index (χ0n) is 17.5. The normalized spacial score (nSPS) is 15.0. The number of aryl methyl sites for hydroxylation is 1. The van der Waals surface area contributed by atoms with Crippen molar-refractivity contribution in [2.75, 3.05) is 43.5 Å². The quantitative estimate of drug-likeness (QED) is 0.506. The van der Waals surface area contributed by atoms with Crippen molar-refractivity contribution in [2.24, 2.45) is 0 Å². The summed E-state index contributed by atoms with van der Waals surface area (Å²) in [5.41, 5.74) is -1.03. The maximum atomic E-state index is 14.5. The predicted molar refractivity (Wildman–Crippen MR) is 117 cm³/mol. The van der Waals surface area contributed by atoms with Gasteiger partial charge in [0, 0.05) is 6.54 Å². The SMILES string of the molecule is CSCCCNCC1(O)CN(C(=O)c2ccc(F)c(F)c2Nc2ccc(C)cc2F)C1. The number of nitrogens with one attached hydrogen (secondary N) is 2. The molecule has 1 saturated heterocycles. The lowest BCUT2D eigenvalue weighted by Crippen LogP contribution is -2.67. The first-order chi connectivity index (χ1) is 14.7. The highest BCUT2D eigenvalue weighted by Gasteiger charge is 2.44. The van der Waals surface area contributed by atoms with Crippen LogP contribution in [0.4, 0.5) is 24.5 Å². The van der Waals surface area contributed by atoms with Crippen molar-refractivity contribution in [3.8, 4) is 0 Å². The largest absolute Gasteiger partial charge is 0.385 e. The van der Waals surface area contributed by atoms with Gasteiger partial charge in [-0.05, 0) is 61.7 Å². The van der Waals surface area contributed by atoms with Gasteiger partial charge in [0.1, 0.15) is 11.4 Å². The first-order valence-electron chi connectivity index (χ1n) is 9.96. The number of β-amino-alcohol motifs (C(OH)–C–C–N with tert-alkyl or cyclic N) is 1. The van der Waals surface area contributed by atoms with E-state index in [1.165, 1.54) is 17.0 Å². The predicted octanol–water partition coefficient (Wildman–Crippen LogP) is 3.69. The van der Waals surface area contributed by atoms with Gasteiger partial charge in [0.25, 0.3) is 5.91 Å². The third kappa shape index (κ3) is 5.53. The Labute approximate surface area is 184 Å². The second kappa shape index (κ2) is 9.93. The Kier molecular flexibility index (Phi) is 7.51. The lowest BCUT2D eigenvalue weighted by atomic mass is 9.92. The van der Waals surface area contributed by atoms with Crippen LogP contribution in [0.1, 0.15) is 22.3 Å². The molecular weight excluding hydrogens is 427 g/mol. The van der Waals surface area contributed by atoms with Gasteiger partial charge >= 0.3 is 0 Å². The lowest BCUT2D eigenvalue weighted by molar-refractivity contribution is -0.0783. The minimum Gasteiger partial charge on any atom is -0.385 e. The van der Waals surface area contributed by atoms with Crippen LogP contribution in [0.15, 0.2) is 30.3 Å². The van der Waals surface area contributed by atoms with Gasteiger partial charge in [0.2, 0.25) is 0 Å². The molecule has 1 fully saturated rings. The molecule has 0 aliphatic carbocycles. The Hall–Kier alpha value is -2.23. The van der Waals surface area contributed by atoms with Crippen LogP contribution in [0.3, 0.4) is 0 Å². The summed E-state index contributed by atoms with van der Waals surface area (Å²) in [4.78, 5) is 14.3. The summed E-state index contributed by atoms with van der Waals surface area (Å²) < 4.78 is 42.6. The highest BCUT2D eigenvalue weighted by molar-refractivity contribution is 7.98. The molecule has 0 aromatic heterocycles. The van der Waals surface area contributed by atoms with Crippen molar-refractivity contribution in [1.29, 1.82) is 0 Å². The van der Waals surface area contributed by atoms with Crippen LogP contribution in [-0.4, -0.2) is 59.7 Å². The molecule has 3 rings (SSSR count). The Morgan fingerprint density at radius 1 is 1.19 bits per heavy atom. The van der Waals surface area contributed by atoms with Crippen molar-refractivity contribution in [3.05, 3.63) is 58.9 Å². The summed E-state index contributed by atoms with van der Waals surface area (Å²) in [7, 11) is 0. The first kappa shape index (κ1) is 23.4. The standard InChI is InChI=1S/C22H26F3N3O2S/c1-14-4-7-18(17(24)10-14)27-20-15(5-6-16(23)19(20)25)21(29)28-12-22(30,13-28)11-26-8-3-9-31-2/h4-7,10,26-27,30H,3,8-9,11-13H2,1-2H3. The number of carbonyl (C=O) groups excluding carboxylic acids is 1. The number of hydrogen-bond donors (Lipinski definition) is 3. The second-order valence-corrected chi connectivity index (χ2v) is 8.79. The van der Waals surface area contributed by atoms with Crippen molar-refractivity contribution in [3.63, 3.8) is 0 Å². The number of aliphatic hydroxyl groups is 1. The maximum Gasteiger partial charge on any atom is 0.256 e. The van der Waals surface area contributed by atoms with Gasteiger partial charge in [0.05, 0.1) is 30.0 Å². The average molecular weight is 454 g/mol. The number of thioether (sulfide) groups is 1. The van der Waals surface area contributed by atoms with Crippen LogP contribution < -0.4 is 10.6 Å².